The third kappa shape index (κ3) is 1.88. The SMILES string of the molecule is CC(C)(C)n1nnc(C2(N)CCCC2)n1. The van der Waals surface area contributed by atoms with Gasteiger partial charge in [-0.25, -0.2) is 0 Å². The van der Waals surface area contributed by atoms with Gasteiger partial charge in [-0.3, -0.25) is 0 Å². The number of nitrogens with zero attached hydrogens (tertiary/aromatic N) is 4. The molecule has 0 unspecified atom stereocenters. The van der Waals surface area contributed by atoms with Crippen molar-refractivity contribution in [1.29, 1.82) is 0 Å². The van der Waals surface area contributed by atoms with Gasteiger partial charge in [-0.15, -0.1) is 10.2 Å². The summed E-state index contributed by atoms with van der Waals surface area (Å²) in [6, 6.07) is 0. The van der Waals surface area contributed by atoms with Crippen LogP contribution in [0.3, 0.4) is 0 Å². The molecule has 1 aliphatic carbocycles. The minimum Gasteiger partial charge on any atom is -0.319 e. The molecule has 0 saturated heterocycles. The van der Waals surface area contributed by atoms with Crippen molar-refractivity contribution < 1.29 is 0 Å². The number of tetrazole rings is 1. The van der Waals surface area contributed by atoms with Crippen molar-refractivity contribution >= 4 is 0 Å². The zero-order valence-electron chi connectivity index (χ0n) is 9.69. The van der Waals surface area contributed by atoms with Crippen LogP contribution >= 0.6 is 0 Å². The number of hydrogen-bond donors (Lipinski definition) is 1. The third-order valence-corrected chi connectivity index (χ3v) is 2.95. The second-order valence-corrected chi connectivity index (χ2v) is 5.44. The third-order valence-electron chi connectivity index (χ3n) is 2.95. The van der Waals surface area contributed by atoms with E-state index in [9.17, 15) is 0 Å². The molecule has 1 aliphatic rings. The van der Waals surface area contributed by atoms with Gasteiger partial charge in [-0.05, 0) is 38.8 Å². The lowest BCUT2D eigenvalue weighted by Crippen LogP contribution is -2.35. The van der Waals surface area contributed by atoms with Crippen LogP contribution in [0.5, 0.6) is 0 Å². The van der Waals surface area contributed by atoms with Crippen LogP contribution < -0.4 is 5.73 Å². The van der Waals surface area contributed by atoms with Crippen LogP contribution in [0.1, 0.15) is 52.3 Å². The molecule has 1 fully saturated rings. The van der Waals surface area contributed by atoms with E-state index in [-0.39, 0.29) is 11.1 Å². The first-order valence-corrected chi connectivity index (χ1v) is 5.52. The first-order valence-electron chi connectivity index (χ1n) is 5.52. The fourth-order valence-corrected chi connectivity index (χ4v) is 1.93. The molecule has 0 atom stereocenters. The van der Waals surface area contributed by atoms with Gasteiger partial charge in [0.1, 0.15) is 0 Å². The molecule has 0 aliphatic heterocycles. The Hall–Kier alpha value is -0.970. The summed E-state index contributed by atoms with van der Waals surface area (Å²) in [4.78, 5) is 1.65. The Kier molecular flexibility index (Phi) is 2.30. The van der Waals surface area contributed by atoms with Crippen molar-refractivity contribution in [3.8, 4) is 0 Å². The monoisotopic (exact) mass is 209 g/mol. The standard InChI is InChI=1S/C10H19N5/c1-9(2,3)15-13-8(12-14-15)10(11)6-4-5-7-10/h4-7,11H2,1-3H3. The summed E-state index contributed by atoms with van der Waals surface area (Å²) >= 11 is 0. The highest BCUT2D eigenvalue weighted by atomic mass is 15.6. The molecule has 1 saturated carbocycles. The van der Waals surface area contributed by atoms with Gasteiger partial charge >= 0.3 is 0 Å². The first-order chi connectivity index (χ1) is 6.92. The van der Waals surface area contributed by atoms with E-state index in [0.717, 1.165) is 12.8 Å². The van der Waals surface area contributed by atoms with Crippen LogP contribution in [0, 0.1) is 0 Å². The van der Waals surface area contributed by atoms with Crippen LogP contribution in [0.25, 0.3) is 0 Å². The smallest absolute Gasteiger partial charge is 0.194 e. The highest BCUT2D eigenvalue weighted by Gasteiger charge is 2.36. The second-order valence-electron chi connectivity index (χ2n) is 5.44. The predicted molar refractivity (Wildman–Crippen MR) is 57.1 cm³/mol. The van der Waals surface area contributed by atoms with Crippen molar-refractivity contribution in [3.63, 3.8) is 0 Å². The van der Waals surface area contributed by atoms with Crippen LogP contribution in [-0.2, 0) is 11.1 Å². The summed E-state index contributed by atoms with van der Waals surface area (Å²) in [6.07, 6.45) is 4.28. The molecule has 0 radical (unpaired) electrons. The van der Waals surface area contributed by atoms with Gasteiger partial charge in [0.05, 0.1) is 11.1 Å². The lowest BCUT2D eigenvalue weighted by Gasteiger charge is -2.19. The van der Waals surface area contributed by atoms with Gasteiger partial charge in [0.2, 0.25) is 0 Å². The van der Waals surface area contributed by atoms with Crippen molar-refractivity contribution in [3.05, 3.63) is 5.82 Å². The second kappa shape index (κ2) is 3.27. The Labute approximate surface area is 90.0 Å². The maximum absolute atomic E-state index is 6.26. The maximum Gasteiger partial charge on any atom is 0.194 e. The highest BCUT2D eigenvalue weighted by Crippen LogP contribution is 2.34. The van der Waals surface area contributed by atoms with Crippen molar-refractivity contribution in [2.24, 2.45) is 5.73 Å². The Morgan fingerprint density at radius 2 is 1.87 bits per heavy atom. The van der Waals surface area contributed by atoms with Gasteiger partial charge in [0.15, 0.2) is 5.82 Å². The summed E-state index contributed by atoms with van der Waals surface area (Å²) < 4.78 is 0. The first kappa shape index (κ1) is 10.5. The minimum absolute atomic E-state index is 0.125. The van der Waals surface area contributed by atoms with Crippen molar-refractivity contribution in [1.82, 2.24) is 20.2 Å². The molecule has 0 amide bonds. The Morgan fingerprint density at radius 1 is 1.27 bits per heavy atom. The van der Waals surface area contributed by atoms with E-state index < -0.39 is 0 Å². The van der Waals surface area contributed by atoms with Gasteiger partial charge in [-0.2, -0.15) is 4.80 Å². The molecule has 15 heavy (non-hydrogen) atoms. The van der Waals surface area contributed by atoms with Gasteiger partial charge in [0, 0.05) is 0 Å². The average Bonchev–Trinajstić information content (AvgIpc) is 2.69. The number of aromatic nitrogens is 4. The Morgan fingerprint density at radius 3 is 2.33 bits per heavy atom. The molecule has 1 aromatic rings. The lowest BCUT2D eigenvalue weighted by atomic mass is 9.99. The van der Waals surface area contributed by atoms with E-state index in [1.165, 1.54) is 12.8 Å². The molecule has 0 spiro atoms. The zero-order chi connectivity index (χ0) is 11.1. The summed E-state index contributed by atoms with van der Waals surface area (Å²) in [7, 11) is 0. The molecule has 0 bridgehead atoms. The van der Waals surface area contributed by atoms with E-state index in [1.54, 1.807) is 4.80 Å². The predicted octanol–water partition coefficient (Wildman–Crippen LogP) is 1.16. The molecular formula is C10H19N5. The normalized spacial score (nSPS) is 20.8. The van der Waals surface area contributed by atoms with Gasteiger partial charge in [0.25, 0.3) is 0 Å². The largest absolute Gasteiger partial charge is 0.319 e. The van der Waals surface area contributed by atoms with Crippen LogP contribution in [0.2, 0.25) is 0 Å². The molecule has 2 N–H and O–H groups in total. The molecule has 84 valence electrons. The zero-order valence-corrected chi connectivity index (χ0v) is 9.69. The van der Waals surface area contributed by atoms with E-state index in [2.05, 4.69) is 36.2 Å². The topological polar surface area (TPSA) is 69.6 Å². The Bertz CT molecular complexity index is 343. The number of hydrogen-bond acceptors (Lipinski definition) is 4. The molecule has 5 nitrogen and oxygen atoms in total. The summed E-state index contributed by atoms with van der Waals surface area (Å²) in [5.41, 5.74) is 5.80. The fourth-order valence-electron chi connectivity index (χ4n) is 1.93. The van der Waals surface area contributed by atoms with Crippen LogP contribution in [0.4, 0.5) is 0 Å². The van der Waals surface area contributed by atoms with E-state index >= 15 is 0 Å². The molecule has 5 heteroatoms. The van der Waals surface area contributed by atoms with E-state index in [1.807, 2.05) is 0 Å². The quantitative estimate of drug-likeness (QED) is 0.753. The summed E-state index contributed by atoms with van der Waals surface area (Å²) in [5, 5.41) is 12.6. The van der Waals surface area contributed by atoms with E-state index in [0.29, 0.717) is 5.82 Å². The van der Waals surface area contributed by atoms with Crippen LogP contribution in [-0.4, -0.2) is 20.2 Å². The lowest BCUT2D eigenvalue weighted by molar-refractivity contribution is 0.302. The number of rotatable bonds is 1. The highest BCUT2D eigenvalue weighted by molar-refractivity contribution is 5.04. The average molecular weight is 209 g/mol. The van der Waals surface area contributed by atoms with Crippen molar-refractivity contribution in [2.45, 2.75) is 57.5 Å². The van der Waals surface area contributed by atoms with Gasteiger partial charge < -0.3 is 5.73 Å². The fraction of sp³-hybridized carbons (Fsp3) is 0.900. The summed E-state index contributed by atoms with van der Waals surface area (Å²) in [5.74, 6) is 0.704. The molecule has 0 aromatic carbocycles. The molecule has 2 rings (SSSR count). The molecule has 1 heterocycles. The van der Waals surface area contributed by atoms with E-state index in [4.69, 9.17) is 5.73 Å². The summed E-state index contributed by atoms with van der Waals surface area (Å²) in [6.45, 7) is 6.16. The van der Waals surface area contributed by atoms with Crippen LogP contribution in [0.15, 0.2) is 0 Å². The Balaban J connectivity index is 2.27. The van der Waals surface area contributed by atoms with Crippen molar-refractivity contribution in [2.75, 3.05) is 0 Å². The minimum atomic E-state index is -0.330. The number of nitrogens with two attached hydrogens (primary N) is 1. The maximum atomic E-state index is 6.26. The van der Waals surface area contributed by atoms with Gasteiger partial charge in [-0.1, -0.05) is 12.8 Å². The molecule has 1 aromatic heterocycles. The molecular weight excluding hydrogens is 190 g/mol.